The van der Waals surface area contributed by atoms with E-state index in [0.717, 1.165) is 4.90 Å². The van der Waals surface area contributed by atoms with Gasteiger partial charge in [0.25, 0.3) is 0 Å². The molecule has 0 unspecified atom stereocenters. The van der Waals surface area contributed by atoms with Crippen LogP contribution in [0.1, 0.15) is 12.8 Å². The number of carbonyl (C=O) groups is 2. The maximum atomic E-state index is 12.6. The Kier molecular flexibility index (Phi) is 5.91. The van der Waals surface area contributed by atoms with Crippen molar-refractivity contribution >= 4 is 11.9 Å². The van der Waals surface area contributed by atoms with Crippen LogP contribution < -0.4 is 0 Å². The monoisotopic (exact) mass is 378 g/mol. The van der Waals surface area contributed by atoms with Gasteiger partial charge in [-0.1, -0.05) is 0 Å². The van der Waals surface area contributed by atoms with Gasteiger partial charge in [-0.2, -0.15) is 13.2 Å². The summed E-state index contributed by atoms with van der Waals surface area (Å²) in [5.74, 6) is -0.443. The van der Waals surface area contributed by atoms with E-state index in [4.69, 9.17) is 4.74 Å². The van der Waals surface area contributed by atoms with Crippen molar-refractivity contribution in [3.05, 3.63) is 0 Å². The second-order valence-corrected chi connectivity index (χ2v) is 6.94. The zero-order valence-corrected chi connectivity index (χ0v) is 14.7. The Labute approximate surface area is 150 Å². The van der Waals surface area contributed by atoms with E-state index in [1.165, 1.54) is 0 Å². The third-order valence-corrected chi connectivity index (χ3v) is 5.18. The highest BCUT2D eigenvalue weighted by atomic mass is 19.4. The number of halogens is 3. The molecule has 3 fully saturated rings. The molecule has 1 atom stereocenters. The number of amides is 3. The summed E-state index contributed by atoms with van der Waals surface area (Å²) in [6.45, 7) is 3.19. The fourth-order valence-corrected chi connectivity index (χ4v) is 3.81. The Morgan fingerprint density at radius 2 is 1.62 bits per heavy atom. The molecule has 0 aliphatic carbocycles. The normalized spacial score (nSPS) is 26.3. The van der Waals surface area contributed by atoms with Gasteiger partial charge in [0.2, 0.25) is 5.91 Å². The zero-order valence-electron chi connectivity index (χ0n) is 14.7. The van der Waals surface area contributed by atoms with Crippen LogP contribution in [-0.4, -0.2) is 109 Å². The summed E-state index contributed by atoms with van der Waals surface area (Å²) in [5, 5.41) is 0. The van der Waals surface area contributed by atoms with Gasteiger partial charge in [0, 0.05) is 45.8 Å². The topological polar surface area (TPSA) is 56.3 Å². The van der Waals surface area contributed by atoms with Crippen molar-refractivity contribution in [2.24, 2.45) is 0 Å². The van der Waals surface area contributed by atoms with Gasteiger partial charge >= 0.3 is 12.2 Å². The Bertz CT molecular complexity index is 517. The minimum atomic E-state index is -4.37. The number of alkyl halides is 3. The third kappa shape index (κ3) is 4.59. The average Bonchev–Trinajstić information content (AvgIpc) is 2.63. The summed E-state index contributed by atoms with van der Waals surface area (Å²) >= 11 is 0. The number of likely N-dealkylation sites (tertiary alicyclic amines) is 1. The van der Waals surface area contributed by atoms with Gasteiger partial charge < -0.3 is 19.4 Å². The molecule has 10 heteroatoms. The molecule has 26 heavy (non-hydrogen) atoms. The van der Waals surface area contributed by atoms with Crippen molar-refractivity contribution < 1.29 is 27.5 Å². The van der Waals surface area contributed by atoms with E-state index < -0.39 is 24.7 Å². The second-order valence-electron chi connectivity index (χ2n) is 6.94. The van der Waals surface area contributed by atoms with E-state index in [2.05, 4.69) is 0 Å². The molecule has 0 radical (unpaired) electrons. The summed E-state index contributed by atoms with van der Waals surface area (Å²) in [4.78, 5) is 31.3. The quantitative estimate of drug-likeness (QED) is 0.707. The largest absolute Gasteiger partial charge is 0.406 e. The lowest BCUT2D eigenvalue weighted by Crippen LogP contribution is -2.60. The smallest absolute Gasteiger partial charge is 0.378 e. The molecular weight excluding hydrogens is 353 g/mol. The molecule has 3 aliphatic heterocycles. The number of hydrogen-bond acceptors (Lipinski definition) is 4. The standard InChI is InChI=1S/C16H25F3N4O3/c17-16(18,19)12-23-3-1-2-13(14(23)24)20-4-6-21(7-5-20)15(25)22-8-10-26-11-9-22/h13H,1-12H2/t13-/m0/s1. The summed E-state index contributed by atoms with van der Waals surface area (Å²) in [6, 6.07) is -0.534. The van der Waals surface area contributed by atoms with Crippen LogP contribution in [0.4, 0.5) is 18.0 Å². The van der Waals surface area contributed by atoms with Gasteiger partial charge in [-0.15, -0.1) is 0 Å². The molecule has 0 aromatic heterocycles. The Balaban J connectivity index is 1.52. The van der Waals surface area contributed by atoms with Crippen molar-refractivity contribution in [3.8, 4) is 0 Å². The molecular formula is C16H25F3N4O3. The van der Waals surface area contributed by atoms with Gasteiger partial charge in [0.05, 0.1) is 19.3 Å². The molecule has 3 aliphatic rings. The Hall–Kier alpha value is -1.55. The lowest BCUT2D eigenvalue weighted by Gasteiger charge is -2.43. The first-order valence-corrected chi connectivity index (χ1v) is 9.06. The predicted octanol–water partition coefficient (Wildman–Crippen LogP) is 0.610. The number of carbonyl (C=O) groups excluding carboxylic acids is 2. The fourth-order valence-electron chi connectivity index (χ4n) is 3.81. The lowest BCUT2D eigenvalue weighted by molar-refractivity contribution is -0.168. The highest BCUT2D eigenvalue weighted by Gasteiger charge is 2.40. The molecule has 3 amide bonds. The van der Waals surface area contributed by atoms with Gasteiger partial charge in [0.15, 0.2) is 0 Å². The first-order valence-electron chi connectivity index (χ1n) is 9.06. The molecule has 0 saturated carbocycles. The minimum Gasteiger partial charge on any atom is -0.378 e. The van der Waals surface area contributed by atoms with Gasteiger partial charge in [-0.25, -0.2) is 4.79 Å². The van der Waals surface area contributed by atoms with E-state index in [1.54, 1.807) is 9.80 Å². The van der Waals surface area contributed by atoms with Crippen LogP contribution in [0.3, 0.4) is 0 Å². The van der Waals surface area contributed by atoms with Gasteiger partial charge in [-0.05, 0) is 12.8 Å². The molecule has 3 heterocycles. The van der Waals surface area contributed by atoms with E-state index in [9.17, 15) is 22.8 Å². The highest BCUT2D eigenvalue weighted by molar-refractivity contribution is 5.82. The molecule has 0 N–H and O–H groups in total. The van der Waals surface area contributed by atoms with Crippen molar-refractivity contribution in [3.63, 3.8) is 0 Å². The maximum Gasteiger partial charge on any atom is 0.406 e. The van der Waals surface area contributed by atoms with E-state index >= 15 is 0 Å². The summed E-state index contributed by atoms with van der Waals surface area (Å²) in [5.41, 5.74) is 0. The summed E-state index contributed by atoms with van der Waals surface area (Å²) in [6.07, 6.45) is -3.23. The van der Waals surface area contributed by atoms with Gasteiger partial charge in [0.1, 0.15) is 6.54 Å². The first kappa shape index (κ1) is 19.2. The average molecular weight is 378 g/mol. The van der Waals surface area contributed by atoms with Crippen LogP contribution >= 0.6 is 0 Å². The highest BCUT2D eigenvalue weighted by Crippen LogP contribution is 2.24. The fraction of sp³-hybridized carbons (Fsp3) is 0.875. The molecule has 148 valence electrons. The summed E-state index contributed by atoms with van der Waals surface area (Å²) in [7, 11) is 0. The number of urea groups is 1. The molecule has 0 aromatic rings. The first-order chi connectivity index (χ1) is 12.3. The number of piperazine rings is 1. The van der Waals surface area contributed by atoms with Crippen molar-refractivity contribution in [1.29, 1.82) is 0 Å². The van der Waals surface area contributed by atoms with Gasteiger partial charge in [-0.3, -0.25) is 9.69 Å². The SMILES string of the molecule is O=C1[C@@H](N2CCN(C(=O)N3CCOCC3)CC2)CCCN1CC(F)(F)F. The van der Waals surface area contributed by atoms with Crippen LogP contribution in [0.2, 0.25) is 0 Å². The molecule has 0 aromatic carbocycles. The number of nitrogens with zero attached hydrogens (tertiary/aromatic N) is 4. The number of morpholine rings is 1. The molecule has 7 nitrogen and oxygen atoms in total. The Morgan fingerprint density at radius 3 is 2.23 bits per heavy atom. The molecule has 0 bridgehead atoms. The van der Waals surface area contributed by atoms with Crippen LogP contribution in [0, 0.1) is 0 Å². The number of piperidine rings is 1. The van der Waals surface area contributed by atoms with Crippen LogP contribution in [-0.2, 0) is 9.53 Å². The van der Waals surface area contributed by atoms with Crippen molar-refractivity contribution in [2.45, 2.75) is 25.1 Å². The maximum absolute atomic E-state index is 12.6. The lowest BCUT2D eigenvalue weighted by atomic mass is 10.0. The third-order valence-electron chi connectivity index (χ3n) is 5.18. The van der Waals surface area contributed by atoms with Crippen molar-refractivity contribution in [1.82, 2.24) is 19.6 Å². The number of ether oxygens (including phenoxy) is 1. The Morgan fingerprint density at radius 1 is 1.00 bits per heavy atom. The zero-order chi connectivity index (χ0) is 18.7. The second kappa shape index (κ2) is 7.99. The number of rotatable bonds is 2. The van der Waals surface area contributed by atoms with Crippen LogP contribution in [0.15, 0.2) is 0 Å². The van der Waals surface area contributed by atoms with E-state index in [1.807, 2.05) is 4.90 Å². The van der Waals surface area contributed by atoms with Crippen molar-refractivity contribution in [2.75, 3.05) is 65.6 Å². The summed E-state index contributed by atoms with van der Waals surface area (Å²) < 4.78 is 43.2. The molecule has 3 saturated heterocycles. The van der Waals surface area contributed by atoms with Crippen LogP contribution in [0.5, 0.6) is 0 Å². The van der Waals surface area contributed by atoms with E-state index in [0.29, 0.717) is 65.3 Å². The van der Waals surface area contributed by atoms with E-state index in [-0.39, 0.29) is 12.6 Å². The van der Waals surface area contributed by atoms with Crippen LogP contribution in [0.25, 0.3) is 0 Å². The molecule has 0 spiro atoms. The minimum absolute atomic E-state index is 0.0263. The number of hydrogen-bond donors (Lipinski definition) is 0. The molecule has 3 rings (SSSR count). The predicted molar refractivity (Wildman–Crippen MR) is 86.6 cm³/mol.